The highest BCUT2D eigenvalue weighted by Crippen LogP contribution is 2.32. The molecule has 3 nitrogen and oxygen atoms in total. The minimum Gasteiger partial charge on any atom is -0.496 e. The summed E-state index contributed by atoms with van der Waals surface area (Å²) in [7, 11) is 3.71. The number of hydrogen-bond acceptors (Lipinski definition) is 3. The second-order valence-electron chi connectivity index (χ2n) is 4.43. The molecular formula is C15H17BrN2O. The highest BCUT2D eigenvalue weighted by atomic mass is 79.9. The van der Waals surface area contributed by atoms with Crippen molar-refractivity contribution in [3.63, 3.8) is 0 Å². The molecule has 0 fully saturated rings. The van der Waals surface area contributed by atoms with Crippen LogP contribution < -0.4 is 9.64 Å². The fourth-order valence-corrected chi connectivity index (χ4v) is 2.29. The van der Waals surface area contributed by atoms with Gasteiger partial charge in [0.05, 0.1) is 7.11 Å². The summed E-state index contributed by atoms with van der Waals surface area (Å²) in [6.45, 7) is 4.17. The predicted octanol–water partition coefficient (Wildman–Crippen LogP) is 4.24. The number of methoxy groups -OCH3 is 1. The molecule has 4 heteroatoms. The lowest BCUT2D eigenvalue weighted by molar-refractivity contribution is 0.411. The van der Waals surface area contributed by atoms with Crippen molar-refractivity contribution in [3.05, 3.63) is 46.1 Å². The topological polar surface area (TPSA) is 25.4 Å². The number of halogens is 1. The van der Waals surface area contributed by atoms with Gasteiger partial charge in [0, 0.05) is 23.4 Å². The number of pyridine rings is 1. The van der Waals surface area contributed by atoms with Gasteiger partial charge in [-0.25, -0.2) is 4.98 Å². The molecule has 100 valence electrons. The van der Waals surface area contributed by atoms with Crippen molar-refractivity contribution in [1.29, 1.82) is 0 Å². The van der Waals surface area contributed by atoms with Gasteiger partial charge in [0.1, 0.15) is 11.6 Å². The van der Waals surface area contributed by atoms with Crippen molar-refractivity contribution in [2.45, 2.75) is 13.8 Å². The molecule has 2 aromatic rings. The number of benzene rings is 1. The number of aromatic nitrogens is 1. The van der Waals surface area contributed by atoms with Gasteiger partial charge in [-0.1, -0.05) is 0 Å². The quantitative estimate of drug-likeness (QED) is 0.845. The van der Waals surface area contributed by atoms with Gasteiger partial charge < -0.3 is 9.64 Å². The molecule has 0 amide bonds. The minimum atomic E-state index is 0.913. The van der Waals surface area contributed by atoms with Crippen molar-refractivity contribution in [2.24, 2.45) is 0 Å². The maximum absolute atomic E-state index is 5.34. The zero-order chi connectivity index (χ0) is 14.0. The summed E-state index contributed by atoms with van der Waals surface area (Å²) in [4.78, 5) is 6.49. The predicted molar refractivity (Wildman–Crippen MR) is 82.5 cm³/mol. The normalized spacial score (nSPS) is 10.4. The first-order valence-corrected chi connectivity index (χ1v) is 6.83. The highest BCUT2D eigenvalue weighted by Gasteiger charge is 2.12. The van der Waals surface area contributed by atoms with E-state index < -0.39 is 0 Å². The van der Waals surface area contributed by atoms with Gasteiger partial charge in [-0.2, -0.15) is 0 Å². The van der Waals surface area contributed by atoms with Crippen LogP contribution in [0.4, 0.5) is 11.5 Å². The Kier molecular flexibility index (Phi) is 4.10. The summed E-state index contributed by atoms with van der Waals surface area (Å²) >= 11 is 3.40. The zero-order valence-corrected chi connectivity index (χ0v) is 13.2. The number of hydrogen-bond donors (Lipinski definition) is 0. The number of ether oxygens (including phenoxy) is 1. The molecule has 0 aliphatic heterocycles. The highest BCUT2D eigenvalue weighted by molar-refractivity contribution is 9.10. The maximum atomic E-state index is 5.34. The van der Waals surface area contributed by atoms with Crippen molar-refractivity contribution in [2.75, 3.05) is 19.1 Å². The van der Waals surface area contributed by atoms with E-state index in [1.165, 1.54) is 5.56 Å². The van der Waals surface area contributed by atoms with Gasteiger partial charge in [0.25, 0.3) is 0 Å². The summed E-state index contributed by atoms with van der Waals surface area (Å²) < 4.78 is 6.32. The van der Waals surface area contributed by atoms with Crippen LogP contribution in [0.1, 0.15) is 11.1 Å². The van der Waals surface area contributed by atoms with E-state index in [0.29, 0.717) is 0 Å². The first kappa shape index (κ1) is 13.9. The molecule has 0 unspecified atom stereocenters. The molecule has 1 aromatic heterocycles. The van der Waals surface area contributed by atoms with Crippen LogP contribution in [0.25, 0.3) is 0 Å². The Labute approximate surface area is 122 Å². The lowest BCUT2D eigenvalue weighted by Crippen LogP contribution is -2.13. The SMILES string of the molecule is COc1ccc(N(C)c2ccc(Br)cn2)c(C)c1C. The third-order valence-corrected chi connectivity index (χ3v) is 3.81. The largest absolute Gasteiger partial charge is 0.496 e. The van der Waals surface area contributed by atoms with E-state index in [-0.39, 0.29) is 0 Å². The number of rotatable bonds is 3. The first-order valence-electron chi connectivity index (χ1n) is 6.04. The van der Waals surface area contributed by atoms with Gasteiger partial charge in [0.2, 0.25) is 0 Å². The molecule has 0 saturated carbocycles. The third kappa shape index (κ3) is 2.73. The van der Waals surface area contributed by atoms with Crippen LogP contribution in [0, 0.1) is 13.8 Å². The molecule has 0 bridgehead atoms. The fraction of sp³-hybridized carbons (Fsp3) is 0.267. The molecule has 0 saturated heterocycles. The Hall–Kier alpha value is -1.55. The zero-order valence-electron chi connectivity index (χ0n) is 11.6. The average Bonchev–Trinajstić information content (AvgIpc) is 2.42. The van der Waals surface area contributed by atoms with E-state index in [9.17, 15) is 0 Å². The second kappa shape index (κ2) is 5.61. The number of anilines is 2. The van der Waals surface area contributed by atoms with Crippen molar-refractivity contribution in [3.8, 4) is 5.75 Å². The van der Waals surface area contributed by atoms with Crippen LogP contribution in [0.3, 0.4) is 0 Å². The molecule has 0 N–H and O–H groups in total. The van der Waals surface area contributed by atoms with Crippen LogP contribution in [0.5, 0.6) is 5.75 Å². The van der Waals surface area contributed by atoms with Crippen LogP contribution in [0.15, 0.2) is 34.9 Å². The molecule has 2 rings (SSSR count). The molecule has 0 atom stereocenters. The maximum Gasteiger partial charge on any atom is 0.132 e. The molecule has 0 radical (unpaired) electrons. The van der Waals surface area contributed by atoms with E-state index >= 15 is 0 Å². The summed E-state index contributed by atoms with van der Waals surface area (Å²) in [6.07, 6.45) is 1.80. The molecular weight excluding hydrogens is 304 g/mol. The Bertz CT molecular complexity index is 581. The van der Waals surface area contributed by atoms with Crippen LogP contribution >= 0.6 is 15.9 Å². The fourth-order valence-electron chi connectivity index (χ4n) is 2.06. The van der Waals surface area contributed by atoms with E-state index in [4.69, 9.17) is 4.74 Å². The molecule has 0 aliphatic carbocycles. The van der Waals surface area contributed by atoms with Crippen molar-refractivity contribution in [1.82, 2.24) is 4.98 Å². The van der Waals surface area contributed by atoms with E-state index in [2.05, 4.69) is 45.7 Å². The average molecular weight is 321 g/mol. The molecule has 0 aliphatic rings. The Balaban J connectivity index is 2.41. The van der Waals surface area contributed by atoms with E-state index in [1.54, 1.807) is 13.3 Å². The van der Waals surface area contributed by atoms with Crippen molar-refractivity contribution < 1.29 is 4.74 Å². The van der Waals surface area contributed by atoms with Crippen LogP contribution in [0.2, 0.25) is 0 Å². The second-order valence-corrected chi connectivity index (χ2v) is 5.35. The monoisotopic (exact) mass is 320 g/mol. The summed E-state index contributed by atoms with van der Waals surface area (Å²) in [5.74, 6) is 1.83. The third-order valence-electron chi connectivity index (χ3n) is 3.35. The Morgan fingerprint density at radius 2 is 1.84 bits per heavy atom. The molecule has 0 spiro atoms. The van der Waals surface area contributed by atoms with Gasteiger partial charge in [-0.05, 0) is 65.2 Å². The van der Waals surface area contributed by atoms with Gasteiger partial charge in [-0.15, -0.1) is 0 Å². The van der Waals surface area contributed by atoms with Gasteiger partial charge in [-0.3, -0.25) is 0 Å². The molecule has 19 heavy (non-hydrogen) atoms. The number of nitrogens with zero attached hydrogens (tertiary/aromatic N) is 2. The molecule has 1 aromatic carbocycles. The van der Waals surface area contributed by atoms with E-state index in [0.717, 1.165) is 27.3 Å². The summed E-state index contributed by atoms with van der Waals surface area (Å²) in [5.41, 5.74) is 3.49. The van der Waals surface area contributed by atoms with Crippen LogP contribution in [-0.2, 0) is 0 Å². The van der Waals surface area contributed by atoms with Gasteiger partial charge >= 0.3 is 0 Å². The standard InChI is InChI=1S/C15H17BrN2O/c1-10-11(2)14(19-4)7-6-13(10)18(3)15-8-5-12(16)9-17-15/h5-9H,1-4H3. The summed E-state index contributed by atoms with van der Waals surface area (Å²) in [5, 5.41) is 0. The van der Waals surface area contributed by atoms with Gasteiger partial charge in [0.15, 0.2) is 0 Å². The van der Waals surface area contributed by atoms with E-state index in [1.807, 2.05) is 25.2 Å². The lowest BCUT2D eigenvalue weighted by atomic mass is 10.1. The first-order chi connectivity index (χ1) is 9.04. The smallest absolute Gasteiger partial charge is 0.132 e. The molecule has 1 heterocycles. The van der Waals surface area contributed by atoms with Crippen molar-refractivity contribution >= 4 is 27.4 Å². The van der Waals surface area contributed by atoms with Crippen LogP contribution in [-0.4, -0.2) is 19.1 Å². The Morgan fingerprint density at radius 3 is 2.42 bits per heavy atom. The summed E-state index contributed by atoms with van der Waals surface area (Å²) in [6, 6.07) is 8.03. The Morgan fingerprint density at radius 1 is 1.11 bits per heavy atom. The lowest BCUT2D eigenvalue weighted by Gasteiger charge is -2.22. The minimum absolute atomic E-state index is 0.913.